The van der Waals surface area contributed by atoms with Gasteiger partial charge in [0.25, 0.3) is 0 Å². The molecule has 0 spiro atoms. The average molecular weight is 542 g/mol. The molecule has 2 saturated heterocycles. The van der Waals surface area contributed by atoms with Crippen LogP contribution in [0.2, 0.25) is 0 Å². The van der Waals surface area contributed by atoms with Crippen molar-refractivity contribution in [2.24, 2.45) is 16.8 Å². The summed E-state index contributed by atoms with van der Waals surface area (Å²) in [4.78, 5) is 21.7. The van der Waals surface area contributed by atoms with Crippen LogP contribution in [0.3, 0.4) is 0 Å². The first-order valence-electron chi connectivity index (χ1n) is 11.6. The summed E-state index contributed by atoms with van der Waals surface area (Å²) in [6, 6.07) is 11.6. The van der Waals surface area contributed by atoms with Crippen molar-refractivity contribution in [2.75, 3.05) is 32.7 Å². The van der Waals surface area contributed by atoms with Crippen LogP contribution in [0.15, 0.2) is 35.3 Å². The van der Waals surface area contributed by atoms with Gasteiger partial charge >= 0.3 is 0 Å². The van der Waals surface area contributed by atoms with Crippen molar-refractivity contribution >= 4 is 35.8 Å². The Morgan fingerprint density at radius 3 is 2.65 bits per heavy atom. The van der Waals surface area contributed by atoms with E-state index in [0.717, 1.165) is 51.6 Å². The van der Waals surface area contributed by atoms with E-state index in [1.54, 1.807) is 0 Å². The van der Waals surface area contributed by atoms with Gasteiger partial charge in [-0.15, -0.1) is 24.0 Å². The van der Waals surface area contributed by atoms with Gasteiger partial charge in [0.1, 0.15) is 0 Å². The average Bonchev–Trinajstić information content (AvgIpc) is 3.33. The molecular formula is C24H40IN5O. The van der Waals surface area contributed by atoms with Gasteiger partial charge in [0.05, 0.1) is 0 Å². The lowest BCUT2D eigenvalue weighted by molar-refractivity contribution is -0.133. The zero-order chi connectivity index (χ0) is 21.5. The largest absolute Gasteiger partial charge is 0.357 e. The summed E-state index contributed by atoms with van der Waals surface area (Å²) in [7, 11) is 0. The molecular weight excluding hydrogens is 501 g/mol. The number of hydrogen-bond acceptors (Lipinski definition) is 3. The molecule has 2 heterocycles. The number of hydrogen-bond donors (Lipinski definition) is 2. The highest BCUT2D eigenvalue weighted by molar-refractivity contribution is 14.0. The predicted octanol–water partition coefficient (Wildman–Crippen LogP) is 3.33. The molecule has 6 nitrogen and oxygen atoms in total. The maximum absolute atomic E-state index is 12.2. The van der Waals surface area contributed by atoms with Crippen molar-refractivity contribution in [1.29, 1.82) is 0 Å². The minimum Gasteiger partial charge on any atom is -0.357 e. The smallest absolute Gasteiger partial charge is 0.225 e. The molecule has 0 bridgehead atoms. The molecule has 1 amide bonds. The summed E-state index contributed by atoms with van der Waals surface area (Å²) in [6.45, 7) is 13.8. The molecule has 1 aromatic carbocycles. The van der Waals surface area contributed by atoms with Gasteiger partial charge in [-0.3, -0.25) is 14.7 Å². The molecule has 2 aliphatic rings. The van der Waals surface area contributed by atoms with E-state index in [0.29, 0.717) is 12.0 Å². The molecule has 0 saturated carbocycles. The number of amides is 1. The van der Waals surface area contributed by atoms with Gasteiger partial charge in [-0.25, -0.2) is 0 Å². The van der Waals surface area contributed by atoms with E-state index in [1.165, 1.54) is 12.0 Å². The van der Waals surface area contributed by atoms with E-state index in [1.807, 2.05) is 18.7 Å². The quantitative estimate of drug-likeness (QED) is 0.316. The zero-order valence-corrected chi connectivity index (χ0v) is 21.8. The molecule has 3 atom stereocenters. The minimum absolute atomic E-state index is 0. The Hall–Kier alpha value is -1.35. The van der Waals surface area contributed by atoms with Crippen LogP contribution in [-0.4, -0.2) is 66.5 Å². The topological polar surface area (TPSA) is 60.0 Å². The fourth-order valence-corrected chi connectivity index (χ4v) is 4.57. The second-order valence-corrected chi connectivity index (χ2v) is 9.15. The second-order valence-electron chi connectivity index (χ2n) is 9.15. The van der Waals surface area contributed by atoms with E-state index in [-0.39, 0.29) is 41.8 Å². The molecule has 174 valence electrons. The number of likely N-dealkylation sites (tertiary alicyclic amines) is 2. The van der Waals surface area contributed by atoms with Crippen molar-refractivity contribution in [3.8, 4) is 0 Å². The van der Waals surface area contributed by atoms with E-state index >= 15 is 0 Å². The van der Waals surface area contributed by atoms with Gasteiger partial charge in [0, 0.05) is 57.3 Å². The van der Waals surface area contributed by atoms with Crippen LogP contribution in [0.5, 0.6) is 0 Å². The standard InChI is InChI=1S/C24H39N5O.HI/c1-5-25-24(27-22-11-12-28(17-22)23(30)18(2)3)26-14-21-13-19(4)29(16-21)15-20-9-7-6-8-10-20;/h6-10,18-19,21-22H,5,11-17H2,1-4H3,(H2,25,26,27);1H. The summed E-state index contributed by atoms with van der Waals surface area (Å²) >= 11 is 0. The summed E-state index contributed by atoms with van der Waals surface area (Å²) in [5, 5.41) is 6.94. The Kier molecular flexibility index (Phi) is 10.6. The van der Waals surface area contributed by atoms with Crippen LogP contribution >= 0.6 is 24.0 Å². The van der Waals surface area contributed by atoms with Crippen molar-refractivity contribution in [1.82, 2.24) is 20.4 Å². The van der Waals surface area contributed by atoms with Gasteiger partial charge in [0.15, 0.2) is 5.96 Å². The molecule has 0 aliphatic carbocycles. The third-order valence-electron chi connectivity index (χ3n) is 6.21. The van der Waals surface area contributed by atoms with Gasteiger partial charge in [-0.1, -0.05) is 44.2 Å². The number of guanidine groups is 1. The van der Waals surface area contributed by atoms with Gasteiger partial charge in [0.2, 0.25) is 5.91 Å². The van der Waals surface area contributed by atoms with E-state index in [2.05, 4.69) is 59.7 Å². The molecule has 31 heavy (non-hydrogen) atoms. The Bertz CT molecular complexity index is 711. The molecule has 3 unspecified atom stereocenters. The molecule has 2 fully saturated rings. The molecule has 3 rings (SSSR count). The summed E-state index contributed by atoms with van der Waals surface area (Å²) in [5.74, 6) is 1.78. The second kappa shape index (κ2) is 12.6. The summed E-state index contributed by atoms with van der Waals surface area (Å²) in [6.07, 6.45) is 2.17. The van der Waals surface area contributed by atoms with E-state index in [9.17, 15) is 4.79 Å². The van der Waals surface area contributed by atoms with Crippen molar-refractivity contribution in [3.05, 3.63) is 35.9 Å². The fourth-order valence-electron chi connectivity index (χ4n) is 4.57. The van der Waals surface area contributed by atoms with Crippen molar-refractivity contribution < 1.29 is 4.79 Å². The lowest BCUT2D eigenvalue weighted by Crippen LogP contribution is -2.45. The molecule has 0 aromatic heterocycles. The number of aliphatic imine (C=N–C) groups is 1. The number of benzene rings is 1. The Morgan fingerprint density at radius 2 is 1.97 bits per heavy atom. The normalized spacial score (nSPS) is 24.4. The molecule has 2 aliphatic heterocycles. The number of nitrogens with zero attached hydrogens (tertiary/aromatic N) is 3. The summed E-state index contributed by atoms with van der Waals surface area (Å²) < 4.78 is 0. The monoisotopic (exact) mass is 541 g/mol. The maximum atomic E-state index is 12.2. The predicted molar refractivity (Wildman–Crippen MR) is 139 cm³/mol. The molecule has 2 N–H and O–H groups in total. The highest BCUT2D eigenvalue weighted by Gasteiger charge is 2.30. The lowest BCUT2D eigenvalue weighted by Gasteiger charge is -2.21. The summed E-state index contributed by atoms with van der Waals surface area (Å²) in [5.41, 5.74) is 1.38. The Morgan fingerprint density at radius 1 is 1.23 bits per heavy atom. The Balaban J connectivity index is 0.00000341. The number of carbonyl (C=O) groups is 1. The third kappa shape index (κ3) is 7.63. The van der Waals surface area contributed by atoms with Crippen LogP contribution in [0.25, 0.3) is 0 Å². The van der Waals surface area contributed by atoms with Crippen molar-refractivity contribution in [2.45, 2.75) is 59.2 Å². The first kappa shape index (κ1) is 25.9. The van der Waals surface area contributed by atoms with E-state index < -0.39 is 0 Å². The van der Waals surface area contributed by atoms with Gasteiger partial charge in [-0.2, -0.15) is 0 Å². The van der Waals surface area contributed by atoms with Crippen LogP contribution in [0, 0.1) is 11.8 Å². The first-order valence-corrected chi connectivity index (χ1v) is 11.6. The number of halogens is 1. The molecule has 0 radical (unpaired) electrons. The minimum atomic E-state index is 0. The molecule has 1 aromatic rings. The van der Waals surface area contributed by atoms with Crippen molar-refractivity contribution in [3.63, 3.8) is 0 Å². The highest BCUT2D eigenvalue weighted by Crippen LogP contribution is 2.25. The lowest BCUT2D eigenvalue weighted by atomic mass is 10.1. The third-order valence-corrected chi connectivity index (χ3v) is 6.21. The Labute approximate surface area is 205 Å². The van der Waals surface area contributed by atoms with Crippen LogP contribution in [-0.2, 0) is 11.3 Å². The highest BCUT2D eigenvalue weighted by atomic mass is 127. The van der Waals surface area contributed by atoms with Gasteiger partial charge < -0.3 is 15.5 Å². The van der Waals surface area contributed by atoms with Crippen LogP contribution in [0.1, 0.15) is 46.1 Å². The van der Waals surface area contributed by atoms with Crippen LogP contribution < -0.4 is 10.6 Å². The number of carbonyl (C=O) groups excluding carboxylic acids is 1. The fraction of sp³-hybridized carbons (Fsp3) is 0.667. The molecule has 7 heteroatoms. The van der Waals surface area contributed by atoms with E-state index in [4.69, 9.17) is 4.99 Å². The van der Waals surface area contributed by atoms with Gasteiger partial charge in [-0.05, 0) is 38.2 Å². The first-order chi connectivity index (χ1) is 14.5. The maximum Gasteiger partial charge on any atom is 0.225 e. The number of nitrogens with one attached hydrogen (secondary N) is 2. The zero-order valence-electron chi connectivity index (χ0n) is 19.5. The SMILES string of the molecule is CCNC(=NCC1CC(C)N(Cc2ccccc2)C1)NC1CCN(C(=O)C(C)C)C1.I. The number of rotatable bonds is 7. The van der Waals surface area contributed by atoms with Crippen LogP contribution in [0.4, 0.5) is 0 Å².